The van der Waals surface area contributed by atoms with E-state index in [1.54, 1.807) is 15.2 Å². The van der Waals surface area contributed by atoms with Gasteiger partial charge < -0.3 is 0 Å². The minimum atomic E-state index is -3.40. The number of alkyl halides is 1. The van der Waals surface area contributed by atoms with Gasteiger partial charge in [-0.05, 0) is 37.5 Å². The zero-order chi connectivity index (χ0) is 14.2. The number of hydrogen-bond acceptors (Lipinski definition) is 3. The van der Waals surface area contributed by atoms with Crippen LogP contribution in [0.25, 0.3) is 0 Å². The monoisotopic (exact) mass is 317 g/mol. The van der Waals surface area contributed by atoms with Crippen molar-refractivity contribution in [3.63, 3.8) is 0 Å². The number of rotatable bonds is 8. The highest BCUT2D eigenvalue weighted by atomic mass is 35.5. The van der Waals surface area contributed by atoms with Crippen LogP contribution in [0.3, 0.4) is 0 Å². The Labute approximate surface area is 125 Å². The van der Waals surface area contributed by atoms with Gasteiger partial charge in [0.05, 0.1) is 12.7 Å². The Balaban J connectivity index is 1.77. The molecule has 5 nitrogen and oxygen atoms in total. The molecule has 0 aliphatic heterocycles. The molecule has 0 atom stereocenters. The number of halogens is 1. The molecule has 0 aromatic carbocycles. The lowest BCUT2D eigenvalue weighted by Gasteiger charge is -2.21. The molecule has 1 heterocycles. The van der Waals surface area contributed by atoms with E-state index in [9.17, 15) is 8.42 Å². The summed E-state index contributed by atoms with van der Waals surface area (Å²) in [6, 6.07) is 0. The summed E-state index contributed by atoms with van der Waals surface area (Å²) in [5.41, 5.74) is 0. The van der Waals surface area contributed by atoms with Gasteiger partial charge in [-0.3, -0.25) is 4.68 Å². The Morgan fingerprint density at radius 1 is 1.25 bits per heavy atom. The molecule has 2 fully saturated rings. The summed E-state index contributed by atoms with van der Waals surface area (Å²) in [6.07, 6.45) is 7.65. The second-order valence-electron chi connectivity index (χ2n) is 5.84. The Morgan fingerprint density at radius 3 is 2.35 bits per heavy atom. The standard InChI is InChI=1S/C13H20ClN3O2S/c14-5-6-16-10-13(7-15-16)20(18,19)17(8-11-1-2-11)9-12-3-4-12/h7,10-12H,1-6,8-9H2. The van der Waals surface area contributed by atoms with Gasteiger partial charge in [0, 0.05) is 25.2 Å². The van der Waals surface area contributed by atoms with Crippen LogP contribution in [0.5, 0.6) is 0 Å². The van der Waals surface area contributed by atoms with Crippen LogP contribution in [-0.2, 0) is 16.6 Å². The highest BCUT2D eigenvalue weighted by molar-refractivity contribution is 7.89. The quantitative estimate of drug-likeness (QED) is 0.688. The molecule has 0 amide bonds. The molecule has 0 N–H and O–H groups in total. The third-order valence-electron chi connectivity index (χ3n) is 3.88. The lowest BCUT2D eigenvalue weighted by Crippen LogP contribution is -2.34. The fourth-order valence-electron chi connectivity index (χ4n) is 2.28. The zero-order valence-corrected chi connectivity index (χ0v) is 13.0. The topological polar surface area (TPSA) is 55.2 Å². The van der Waals surface area contributed by atoms with Gasteiger partial charge in [-0.15, -0.1) is 11.6 Å². The number of aromatic nitrogens is 2. The number of aryl methyl sites for hydroxylation is 1. The summed E-state index contributed by atoms with van der Waals surface area (Å²) in [7, 11) is -3.40. The predicted octanol–water partition coefficient (Wildman–Crippen LogP) is 1.93. The highest BCUT2D eigenvalue weighted by Gasteiger charge is 2.36. The average Bonchev–Trinajstić information content (AvgIpc) is 3.32. The molecule has 2 aliphatic carbocycles. The third-order valence-corrected chi connectivity index (χ3v) is 5.83. The van der Waals surface area contributed by atoms with Gasteiger partial charge in [0.15, 0.2) is 0 Å². The molecule has 112 valence electrons. The van der Waals surface area contributed by atoms with Crippen molar-refractivity contribution in [1.82, 2.24) is 14.1 Å². The van der Waals surface area contributed by atoms with E-state index in [1.165, 1.54) is 6.20 Å². The molecule has 3 rings (SSSR count). The average molecular weight is 318 g/mol. The minimum Gasteiger partial charge on any atom is -0.270 e. The largest absolute Gasteiger partial charge is 0.270 e. The maximum absolute atomic E-state index is 12.7. The van der Waals surface area contributed by atoms with Crippen LogP contribution in [0.4, 0.5) is 0 Å². The maximum Gasteiger partial charge on any atom is 0.246 e. The van der Waals surface area contributed by atoms with Crippen molar-refractivity contribution in [3.8, 4) is 0 Å². The van der Waals surface area contributed by atoms with Crippen molar-refractivity contribution in [2.75, 3.05) is 19.0 Å². The van der Waals surface area contributed by atoms with Crippen LogP contribution < -0.4 is 0 Å². The van der Waals surface area contributed by atoms with Crippen molar-refractivity contribution < 1.29 is 8.42 Å². The summed E-state index contributed by atoms with van der Waals surface area (Å²) in [5.74, 6) is 1.54. The summed E-state index contributed by atoms with van der Waals surface area (Å²) in [4.78, 5) is 0.295. The second-order valence-corrected chi connectivity index (χ2v) is 8.15. The van der Waals surface area contributed by atoms with E-state index in [0.29, 0.717) is 42.2 Å². The third kappa shape index (κ3) is 3.35. The Hall–Kier alpha value is -0.590. The first kappa shape index (κ1) is 14.4. The highest BCUT2D eigenvalue weighted by Crippen LogP contribution is 2.35. The molecular formula is C13H20ClN3O2S. The van der Waals surface area contributed by atoms with Gasteiger partial charge in [0.2, 0.25) is 10.0 Å². The first-order valence-electron chi connectivity index (χ1n) is 7.18. The van der Waals surface area contributed by atoms with Crippen LogP contribution in [0.15, 0.2) is 17.3 Å². The molecule has 2 aliphatic rings. The first-order valence-corrected chi connectivity index (χ1v) is 9.15. The molecule has 1 aromatic heterocycles. The molecule has 0 saturated heterocycles. The van der Waals surface area contributed by atoms with Gasteiger partial charge in [0.25, 0.3) is 0 Å². The Kier molecular flexibility index (Phi) is 4.06. The van der Waals surface area contributed by atoms with Gasteiger partial charge >= 0.3 is 0 Å². The van der Waals surface area contributed by atoms with E-state index < -0.39 is 10.0 Å². The van der Waals surface area contributed by atoms with E-state index in [1.807, 2.05) is 0 Å². The zero-order valence-electron chi connectivity index (χ0n) is 11.4. The van der Waals surface area contributed by atoms with E-state index in [4.69, 9.17) is 11.6 Å². The molecular weight excluding hydrogens is 298 g/mol. The molecule has 0 radical (unpaired) electrons. The normalized spacial score (nSPS) is 19.7. The van der Waals surface area contributed by atoms with Gasteiger partial charge in [-0.1, -0.05) is 0 Å². The minimum absolute atomic E-state index is 0.295. The van der Waals surface area contributed by atoms with E-state index in [2.05, 4.69) is 5.10 Å². The summed E-state index contributed by atoms with van der Waals surface area (Å²) in [6.45, 7) is 1.86. The van der Waals surface area contributed by atoms with Crippen molar-refractivity contribution in [2.24, 2.45) is 11.8 Å². The summed E-state index contributed by atoms with van der Waals surface area (Å²) < 4.78 is 28.7. The van der Waals surface area contributed by atoms with Crippen molar-refractivity contribution in [3.05, 3.63) is 12.4 Å². The van der Waals surface area contributed by atoms with Gasteiger partial charge in [-0.2, -0.15) is 9.40 Å². The van der Waals surface area contributed by atoms with Crippen molar-refractivity contribution in [1.29, 1.82) is 0 Å². The Bertz CT molecular complexity index is 550. The number of sulfonamides is 1. The van der Waals surface area contributed by atoms with Gasteiger partial charge in [-0.25, -0.2) is 8.42 Å². The maximum atomic E-state index is 12.7. The van der Waals surface area contributed by atoms with E-state index in [-0.39, 0.29) is 0 Å². The SMILES string of the molecule is O=S(=O)(c1cnn(CCCl)c1)N(CC1CC1)CC1CC1. The van der Waals surface area contributed by atoms with Crippen molar-refractivity contribution >= 4 is 21.6 Å². The Morgan fingerprint density at radius 2 is 1.85 bits per heavy atom. The predicted molar refractivity (Wildman–Crippen MR) is 77.2 cm³/mol. The summed E-state index contributed by atoms with van der Waals surface area (Å²) in [5, 5.41) is 4.07. The second kappa shape index (κ2) is 5.66. The lowest BCUT2D eigenvalue weighted by atomic mass is 10.4. The summed E-state index contributed by atoms with van der Waals surface area (Å²) >= 11 is 5.66. The molecule has 2 saturated carbocycles. The van der Waals surface area contributed by atoms with Crippen LogP contribution in [0, 0.1) is 11.8 Å². The molecule has 1 aromatic rings. The molecule has 0 unspecified atom stereocenters. The van der Waals surface area contributed by atoms with Crippen LogP contribution in [-0.4, -0.2) is 41.5 Å². The number of hydrogen-bond donors (Lipinski definition) is 0. The van der Waals surface area contributed by atoms with E-state index >= 15 is 0 Å². The molecule has 0 bridgehead atoms. The van der Waals surface area contributed by atoms with Crippen LogP contribution in [0.1, 0.15) is 25.7 Å². The molecule has 20 heavy (non-hydrogen) atoms. The van der Waals surface area contributed by atoms with Crippen LogP contribution >= 0.6 is 11.6 Å². The smallest absolute Gasteiger partial charge is 0.246 e. The fraction of sp³-hybridized carbons (Fsp3) is 0.769. The number of nitrogens with zero attached hydrogens (tertiary/aromatic N) is 3. The van der Waals surface area contributed by atoms with Crippen LogP contribution in [0.2, 0.25) is 0 Å². The molecule has 7 heteroatoms. The van der Waals surface area contributed by atoms with Gasteiger partial charge in [0.1, 0.15) is 4.90 Å². The lowest BCUT2D eigenvalue weighted by molar-refractivity contribution is 0.382. The van der Waals surface area contributed by atoms with E-state index in [0.717, 1.165) is 25.7 Å². The fourth-order valence-corrected chi connectivity index (χ4v) is 4.00. The van der Waals surface area contributed by atoms with Crippen molar-refractivity contribution in [2.45, 2.75) is 37.1 Å². The first-order chi connectivity index (χ1) is 9.59. The molecule has 0 spiro atoms.